The summed E-state index contributed by atoms with van der Waals surface area (Å²) in [6, 6.07) is 5.32. The Kier molecular flexibility index (Phi) is 5.41. The lowest BCUT2D eigenvalue weighted by Crippen LogP contribution is -2.39. The first-order valence-electron chi connectivity index (χ1n) is 7.66. The van der Waals surface area contributed by atoms with Crippen LogP contribution >= 0.6 is 0 Å². The number of nitrogens with one attached hydrogen (secondary N) is 1. The second-order valence-corrected chi connectivity index (χ2v) is 7.87. The molecule has 0 heterocycles. The minimum Gasteiger partial charge on any atom is -0.271 e. The Morgan fingerprint density at radius 2 is 1.87 bits per heavy atom. The zero-order valence-corrected chi connectivity index (χ0v) is 14.6. The van der Waals surface area contributed by atoms with Gasteiger partial charge in [0.15, 0.2) is 0 Å². The van der Waals surface area contributed by atoms with E-state index in [1.54, 1.807) is 12.1 Å². The summed E-state index contributed by atoms with van der Waals surface area (Å²) >= 11 is 0. The molecule has 1 aliphatic rings. The highest BCUT2D eigenvalue weighted by atomic mass is 32.2. The zero-order chi connectivity index (χ0) is 17.0. The fraction of sp³-hybridized carbons (Fsp3) is 0.500. The van der Waals surface area contributed by atoms with Gasteiger partial charge in [-0.15, -0.1) is 0 Å². The Balaban J connectivity index is 2.14. The van der Waals surface area contributed by atoms with Gasteiger partial charge in [-0.3, -0.25) is 9.10 Å². The summed E-state index contributed by atoms with van der Waals surface area (Å²) in [6.07, 6.45) is 5.07. The van der Waals surface area contributed by atoms with Crippen molar-refractivity contribution < 1.29 is 13.2 Å². The molecule has 0 atom stereocenters. The van der Waals surface area contributed by atoms with E-state index in [1.165, 1.54) is 0 Å². The highest BCUT2D eigenvalue weighted by molar-refractivity contribution is 7.92. The minimum absolute atomic E-state index is 0.280. The first-order chi connectivity index (χ1) is 10.8. The largest absolute Gasteiger partial charge is 0.271 e. The Morgan fingerprint density at radius 3 is 2.43 bits per heavy atom. The highest BCUT2D eigenvalue weighted by Gasteiger charge is 2.21. The van der Waals surface area contributed by atoms with Gasteiger partial charge in [0, 0.05) is 5.71 Å². The molecule has 23 heavy (non-hydrogen) atoms. The van der Waals surface area contributed by atoms with Gasteiger partial charge in [-0.25, -0.2) is 13.8 Å². The average molecular weight is 337 g/mol. The Hall–Kier alpha value is -1.89. The van der Waals surface area contributed by atoms with Crippen LogP contribution in [0.4, 0.5) is 5.69 Å². The lowest BCUT2D eigenvalue weighted by molar-refractivity contribution is -0.119. The van der Waals surface area contributed by atoms with Crippen molar-refractivity contribution in [2.24, 2.45) is 5.10 Å². The molecule has 126 valence electrons. The lowest BCUT2D eigenvalue weighted by atomic mass is 10.1. The summed E-state index contributed by atoms with van der Waals surface area (Å²) in [5.74, 6) is -0.437. The number of aryl methyl sites for hydroxylation is 2. The SMILES string of the molecule is Cc1ccc(N(CC(=O)NN=C2CCCC2)S(C)(=O)=O)cc1C. The lowest BCUT2D eigenvalue weighted by Gasteiger charge is -2.22. The monoisotopic (exact) mass is 337 g/mol. The van der Waals surface area contributed by atoms with Crippen molar-refractivity contribution in [2.45, 2.75) is 39.5 Å². The molecule has 0 radical (unpaired) electrons. The van der Waals surface area contributed by atoms with Gasteiger partial charge in [-0.05, 0) is 62.8 Å². The number of carbonyl (C=O) groups is 1. The minimum atomic E-state index is -3.56. The van der Waals surface area contributed by atoms with Crippen LogP contribution in [-0.2, 0) is 14.8 Å². The number of hydrazone groups is 1. The molecule has 1 aromatic rings. The second-order valence-electron chi connectivity index (χ2n) is 5.96. The Labute approximate surface area is 137 Å². The third kappa shape index (κ3) is 4.79. The van der Waals surface area contributed by atoms with Gasteiger partial charge >= 0.3 is 0 Å². The van der Waals surface area contributed by atoms with Crippen LogP contribution in [-0.4, -0.2) is 32.8 Å². The van der Waals surface area contributed by atoms with E-state index in [9.17, 15) is 13.2 Å². The van der Waals surface area contributed by atoms with E-state index in [1.807, 2.05) is 19.9 Å². The summed E-state index contributed by atoms with van der Waals surface area (Å²) < 4.78 is 25.2. The van der Waals surface area contributed by atoms with Gasteiger partial charge in [0.05, 0.1) is 11.9 Å². The molecule has 1 aromatic carbocycles. The molecular formula is C16H23N3O3S. The van der Waals surface area contributed by atoms with E-state index in [2.05, 4.69) is 10.5 Å². The van der Waals surface area contributed by atoms with E-state index in [0.29, 0.717) is 5.69 Å². The van der Waals surface area contributed by atoms with Gasteiger partial charge in [-0.1, -0.05) is 6.07 Å². The normalized spacial score (nSPS) is 14.7. The van der Waals surface area contributed by atoms with Gasteiger partial charge in [0.2, 0.25) is 10.0 Å². The molecule has 0 aromatic heterocycles. The molecule has 0 unspecified atom stereocenters. The van der Waals surface area contributed by atoms with E-state index in [-0.39, 0.29) is 6.54 Å². The molecule has 1 saturated carbocycles. The number of hydrogen-bond donors (Lipinski definition) is 1. The predicted octanol–water partition coefficient (Wildman–Crippen LogP) is 2.12. The number of anilines is 1. The van der Waals surface area contributed by atoms with Crippen molar-refractivity contribution in [2.75, 3.05) is 17.1 Å². The van der Waals surface area contributed by atoms with Crippen LogP contribution in [0.25, 0.3) is 0 Å². The molecule has 1 N–H and O–H groups in total. The Morgan fingerprint density at radius 1 is 1.22 bits per heavy atom. The summed E-state index contributed by atoms with van der Waals surface area (Å²) in [4.78, 5) is 12.1. The Bertz CT molecular complexity index is 718. The third-order valence-corrected chi connectivity index (χ3v) is 5.13. The first-order valence-corrected chi connectivity index (χ1v) is 9.51. The highest BCUT2D eigenvalue weighted by Crippen LogP contribution is 2.21. The van der Waals surface area contributed by atoms with Crippen molar-refractivity contribution in [3.05, 3.63) is 29.3 Å². The predicted molar refractivity (Wildman–Crippen MR) is 92.2 cm³/mol. The molecule has 0 saturated heterocycles. The maximum atomic E-state index is 12.1. The van der Waals surface area contributed by atoms with E-state index < -0.39 is 15.9 Å². The molecule has 6 nitrogen and oxygen atoms in total. The molecule has 1 fully saturated rings. The van der Waals surface area contributed by atoms with Crippen molar-refractivity contribution in [1.29, 1.82) is 0 Å². The number of amides is 1. The van der Waals surface area contributed by atoms with Crippen LogP contribution < -0.4 is 9.73 Å². The van der Waals surface area contributed by atoms with Crippen LogP contribution in [0.1, 0.15) is 36.8 Å². The van der Waals surface area contributed by atoms with E-state index >= 15 is 0 Å². The standard InChI is InChI=1S/C16H23N3O3S/c1-12-8-9-15(10-13(12)2)19(23(3,21)22)11-16(20)18-17-14-6-4-5-7-14/h8-10H,4-7,11H2,1-3H3,(H,18,20). The van der Waals surface area contributed by atoms with E-state index in [4.69, 9.17) is 0 Å². The van der Waals surface area contributed by atoms with Crippen LogP contribution in [0.3, 0.4) is 0 Å². The molecule has 0 spiro atoms. The van der Waals surface area contributed by atoms with Crippen LogP contribution in [0.15, 0.2) is 23.3 Å². The maximum absolute atomic E-state index is 12.1. The molecular weight excluding hydrogens is 314 g/mol. The van der Waals surface area contributed by atoms with Crippen molar-refractivity contribution in [3.63, 3.8) is 0 Å². The number of benzene rings is 1. The quantitative estimate of drug-likeness (QED) is 0.836. The molecule has 7 heteroatoms. The van der Waals surface area contributed by atoms with Crippen molar-refractivity contribution in [1.82, 2.24) is 5.43 Å². The number of hydrogen-bond acceptors (Lipinski definition) is 4. The van der Waals surface area contributed by atoms with Crippen LogP contribution in [0, 0.1) is 13.8 Å². The van der Waals surface area contributed by atoms with Crippen molar-refractivity contribution >= 4 is 27.3 Å². The van der Waals surface area contributed by atoms with Gasteiger partial charge in [0.1, 0.15) is 6.54 Å². The number of nitrogens with zero attached hydrogens (tertiary/aromatic N) is 2. The summed E-state index contributed by atoms with van der Waals surface area (Å²) in [5.41, 5.74) is 5.96. The van der Waals surface area contributed by atoms with Gasteiger partial charge in [-0.2, -0.15) is 5.10 Å². The fourth-order valence-electron chi connectivity index (χ4n) is 2.48. The molecule has 0 bridgehead atoms. The zero-order valence-electron chi connectivity index (χ0n) is 13.8. The first kappa shape index (κ1) is 17.5. The second kappa shape index (κ2) is 7.12. The summed E-state index contributed by atoms with van der Waals surface area (Å²) in [7, 11) is -3.56. The third-order valence-electron chi connectivity index (χ3n) is 3.99. The number of carbonyl (C=O) groups excluding carboxylic acids is 1. The maximum Gasteiger partial charge on any atom is 0.260 e. The fourth-order valence-corrected chi connectivity index (χ4v) is 3.33. The van der Waals surface area contributed by atoms with E-state index in [0.717, 1.165) is 53.1 Å². The van der Waals surface area contributed by atoms with Gasteiger partial charge < -0.3 is 0 Å². The molecule has 1 amide bonds. The van der Waals surface area contributed by atoms with Gasteiger partial charge in [0.25, 0.3) is 5.91 Å². The summed E-state index contributed by atoms with van der Waals surface area (Å²) in [6.45, 7) is 3.58. The van der Waals surface area contributed by atoms with Crippen LogP contribution in [0.2, 0.25) is 0 Å². The average Bonchev–Trinajstić information content (AvgIpc) is 2.98. The molecule has 1 aliphatic carbocycles. The molecule has 2 rings (SSSR count). The number of rotatable bonds is 5. The van der Waals surface area contributed by atoms with Crippen molar-refractivity contribution in [3.8, 4) is 0 Å². The van der Waals surface area contributed by atoms with Crippen LogP contribution in [0.5, 0.6) is 0 Å². The summed E-state index contributed by atoms with van der Waals surface area (Å²) in [5, 5.41) is 4.08. The smallest absolute Gasteiger partial charge is 0.260 e. The molecule has 0 aliphatic heterocycles. The number of sulfonamides is 1. The topological polar surface area (TPSA) is 78.8 Å².